The molecule has 1 aliphatic heterocycles. The average Bonchev–Trinajstić information content (AvgIpc) is 2.74. The van der Waals surface area contributed by atoms with E-state index in [2.05, 4.69) is 0 Å². The van der Waals surface area contributed by atoms with Crippen molar-refractivity contribution in [2.75, 3.05) is 19.8 Å². The van der Waals surface area contributed by atoms with Crippen molar-refractivity contribution in [3.05, 3.63) is 0 Å². The van der Waals surface area contributed by atoms with E-state index in [1.165, 1.54) is 19.3 Å². The molecule has 1 aliphatic carbocycles. The molecule has 2 fully saturated rings. The Morgan fingerprint density at radius 1 is 1.54 bits per heavy atom. The molecule has 2 rings (SSSR count). The first-order chi connectivity index (χ1) is 6.31. The standard InChI is InChI=1S/C10H17NO2/c1-2-13-7-10(12)11-6-8-3-4-9(11)5-8/h8-9H,2-7H2,1H3. The molecule has 2 bridgehead atoms. The van der Waals surface area contributed by atoms with Crippen molar-refractivity contribution in [1.29, 1.82) is 0 Å². The third kappa shape index (κ3) is 1.70. The lowest BCUT2D eigenvalue weighted by atomic mass is 10.1. The Balaban J connectivity index is 1.84. The second-order valence-electron chi connectivity index (χ2n) is 4.02. The van der Waals surface area contributed by atoms with Crippen LogP contribution < -0.4 is 0 Å². The summed E-state index contributed by atoms with van der Waals surface area (Å²) in [6, 6.07) is 0.540. The third-order valence-electron chi connectivity index (χ3n) is 3.16. The zero-order valence-electron chi connectivity index (χ0n) is 8.16. The summed E-state index contributed by atoms with van der Waals surface area (Å²) in [5, 5.41) is 0. The molecule has 0 aromatic rings. The largest absolute Gasteiger partial charge is 0.372 e. The molecule has 2 atom stereocenters. The number of carbonyl (C=O) groups excluding carboxylic acids is 1. The van der Waals surface area contributed by atoms with Crippen molar-refractivity contribution in [2.24, 2.45) is 5.92 Å². The van der Waals surface area contributed by atoms with Crippen LogP contribution in [-0.4, -0.2) is 36.6 Å². The highest BCUT2D eigenvalue weighted by Crippen LogP contribution is 2.37. The Labute approximate surface area is 79.0 Å². The number of rotatable bonds is 3. The predicted molar refractivity (Wildman–Crippen MR) is 49.3 cm³/mol. The molecule has 0 radical (unpaired) electrons. The highest BCUT2D eigenvalue weighted by atomic mass is 16.5. The molecular weight excluding hydrogens is 166 g/mol. The zero-order chi connectivity index (χ0) is 9.26. The number of fused-ring (bicyclic) bond motifs is 2. The number of carbonyl (C=O) groups is 1. The second kappa shape index (κ2) is 3.66. The van der Waals surface area contributed by atoms with Gasteiger partial charge < -0.3 is 9.64 Å². The van der Waals surface area contributed by atoms with Gasteiger partial charge in [0.1, 0.15) is 6.61 Å². The van der Waals surface area contributed by atoms with Gasteiger partial charge in [0.05, 0.1) is 0 Å². The van der Waals surface area contributed by atoms with Gasteiger partial charge in [0.25, 0.3) is 0 Å². The van der Waals surface area contributed by atoms with E-state index in [4.69, 9.17) is 4.74 Å². The monoisotopic (exact) mass is 183 g/mol. The molecule has 1 heterocycles. The topological polar surface area (TPSA) is 29.5 Å². The van der Waals surface area contributed by atoms with Crippen molar-refractivity contribution in [2.45, 2.75) is 32.2 Å². The van der Waals surface area contributed by atoms with Crippen LogP contribution in [0.2, 0.25) is 0 Å². The number of likely N-dealkylation sites (tertiary alicyclic amines) is 1. The number of piperidine rings is 1. The van der Waals surface area contributed by atoms with E-state index in [0.717, 1.165) is 12.5 Å². The number of hydrogen-bond donors (Lipinski definition) is 0. The molecule has 0 aromatic carbocycles. The van der Waals surface area contributed by atoms with Crippen LogP contribution in [-0.2, 0) is 9.53 Å². The van der Waals surface area contributed by atoms with Crippen molar-refractivity contribution < 1.29 is 9.53 Å². The van der Waals surface area contributed by atoms with Gasteiger partial charge in [-0.1, -0.05) is 0 Å². The van der Waals surface area contributed by atoms with Gasteiger partial charge in [0.2, 0.25) is 5.91 Å². The van der Waals surface area contributed by atoms with E-state index in [-0.39, 0.29) is 12.5 Å². The van der Waals surface area contributed by atoms with E-state index in [0.29, 0.717) is 12.6 Å². The van der Waals surface area contributed by atoms with E-state index < -0.39 is 0 Å². The third-order valence-corrected chi connectivity index (χ3v) is 3.16. The minimum Gasteiger partial charge on any atom is -0.372 e. The lowest BCUT2D eigenvalue weighted by molar-refractivity contribution is -0.137. The van der Waals surface area contributed by atoms with Crippen LogP contribution in [0.5, 0.6) is 0 Å². The average molecular weight is 183 g/mol. The fourth-order valence-corrected chi connectivity index (χ4v) is 2.50. The summed E-state index contributed by atoms with van der Waals surface area (Å²) < 4.78 is 5.12. The maximum atomic E-state index is 11.6. The Bertz CT molecular complexity index is 205. The minimum atomic E-state index is 0.189. The molecule has 2 unspecified atom stereocenters. The summed E-state index contributed by atoms with van der Waals surface area (Å²) in [5.74, 6) is 0.977. The molecule has 2 aliphatic rings. The zero-order valence-corrected chi connectivity index (χ0v) is 8.16. The Morgan fingerprint density at radius 3 is 2.92 bits per heavy atom. The normalized spacial score (nSPS) is 31.3. The molecule has 1 saturated heterocycles. The van der Waals surface area contributed by atoms with Gasteiger partial charge >= 0.3 is 0 Å². The molecule has 0 N–H and O–H groups in total. The number of hydrogen-bond acceptors (Lipinski definition) is 2. The van der Waals surface area contributed by atoms with E-state index >= 15 is 0 Å². The SMILES string of the molecule is CCOCC(=O)N1CC2CCC1C2. The first kappa shape index (κ1) is 9.00. The summed E-state index contributed by atoms with van der Waals surface area (Å²) >= 11 is 0. The fraction of sp³-hybridized carbons (Fsp3) is 0.900. The van der Waals surface area contributed by atoms with Crippen molar-refractivity contribution in [1.82, 2.24) is 4.90 Å². The van der Waals surface area contributed by atoms with Crippen LogP contribution in [0, 0.1) is 5.92 Å². The lowest BCUT2D eigenvalue weighted by Crippen LogP contribution is -2.39. The van der Waals surface area contributed by atoms with Gasteiger partial charge in [-0.2, -0.15) is 0 Å². The van der Waals surface area contributed by atoms with E-state index in [9.17, 15) is 4.79 Å². The van der Waals surface area contributed by atoms with Crippen LogP contribution in [0.3, 0.4) is 0 Å². The molecule has 3 nitrogen and oxygen atoms in total. The molecule has 74 valence electrons. The number of nitrogens with zero attached hydrogens (tertiary/aromatic N) is 1. The maximum Gasteiger partial charge on any atom is 0.248 e. The van der Waals surface area contributed by atoms with Crippen molar-refractivity contribution >= 4 is 5.91 Å². The minimum absolute atomic E-state index is 0.189. The van der Waals surface area contributed by atoms with Gasteiger partial charge in [-0.15, -0.1) is 0 Å². The van der Waals surface area contributed by atoms with Gasteiger partial charge in [0, 0.05) is 19.2 Å². The quantitative estimate of drug-likeness (QED) is 0.654. The Morgan fingerprint density at radius 2 is 2.38 bits per heavy atom. The van der Waals surface area contributed by atoms with Gasteiger partial charge in [-0.05, 0) is 32.1 Å². The second-order valence-corrected chi connectivity index (χ2v) is 4.02. The van der Waals surface area contributed by atoms with Crippen LogP contribution in [0.25, 0.3) is 0 Å². The maximum absolute atomic E-state index is 11.6. The van der Waals surface area contributed by atoms with Crippen LogP contribution >= 0.6 is 0 Å². The Kier molecular flexibility index (Phi) is 2.54. The van der Waals surface area contributed by atoms with Crippen LogP contribution in [0.4, 0.5) is 0 Å². The summed E-state index contributed by atoms with van der Waals surface area (Å²) in [7, 11) is 0. The number of ether oxygens (including phenoxy) is 1. The molecule has 0 aromatic heterocycles. The summed E-state index contributed by atoms with van der Waals surface area (Å²) in [6.07, 6.45) is 3.77. The summed E-state index contributed by atoms with van der Waals surface area (Å²) in [4.78, 5) is 13.6. The highest BCUT2D eigenvalue weighted by molar-refractivity contribution is 5.78. The van der Waals surface area contributed by atoms with Crippen molar-refractivity contribution in [3.8, 4) is 0 Å². The molecular formula is C10H17NO2. The molecule has 13 heavy (non-hydrogen) atoms. The highest BCUT2D eigenvalue weighted by Gasteiger charge is 2.39. The van der Waals surface area contributed by atoms with Gasteiger partial charge in [0.15, 0.2) is 0 Å². The molecule has 0 spiro atoms. The number of amides is 1. The molecule has 1 amide bonds. The van der Waals surface area contributed by atoms with E-state index in [1.54, 1.807) is 0 Å². The predicted octanol–water partition coefficient (Wildman–Crippen LogP) is 1.03. The molecule has 3 heteroatoms. The first-order valence-corrected chi connectivity index (χ1v) is 5.18. The summed E-state index contributed by atoms with van der Waals surface area (Å²) in [6.45, 7) is 3.81. The molecule has 1 saturated carbocycles. The van der Waals surface area contributed by atoms with E-state index in [1.807, 2.05) is 11.8 Å². The lowest BCUT2D eigenvalue weighted by Gasteiger charge is -2.26. The van der Waals surface area contributed by atoms with Gasteiger partial charge in [-0.25, -0.2) is 0 Å². The van der Waals surface area contributed by atoms with Crippen molar-refractivity contribution in [3.63, 3.8) is 0 Å². The smallest absolute Gasteiger partial charge is 0.248 e. The summed E-state index contributed by atoms with van der Waals surface area (Å²) in [5.41, 5.74) is 0. The van der Waals surface area contributed by atoms with Crippen LogP contribution in [0.15, 0.2) is 0 Å². The fourth-order valence-electron chi connectivity index (χ4n) is 2.50. The van der Waals surface area contributed by atoms with Gasteiger partial charge in [-0.3, -0.25) is 4.79 Å². The Hall–Kier alpha value is -0.570. The van der Waals surface area contributed by atoms with Crippen LogP contribution in [0.1, 0.15) is 26.2 Å². The first-order valence-electron chi connectivity index (χ1n) is 5.18.